The van der Waals surface area contributed by atoms with Gasteiger partial charge in [0, 0.05) is 17.7 Å². The Morgan fingerprint density at radius 1 is 1.56 bits per heavy atom. The number of alkyl halides is 3. The van der Waals surface area contributed by atoms with Gasteiger partial charge < -0.3 is 4.74 Å². The summed E-state index contributed by atoms with van der Waals surface area (Å²) in [5.74, 6) is -0.741. The summed E-state index contributed by atoms with van der Waals surface area (Å²) in [6.45, 7) is 1.76. The van der Waals surface area contributed by atoms with E-state index in [1.165, 1.54) is 6.20 Å². The molecule has 0 aliphatic heterocycles. The van der Waals surface area contributed by atoms with Crippen molar-refractivity contribution in [3.05, 3.63) is 29.1 Å². The van der Waals surface area contributed by atoms with E-state index < -0.39 is 18.0 Å². The van der Waals surface area contributed by atoms with E-state index in [0.717, 1.165) is 6.20 Å². The molecule has 0 bridgehead atoms. The van der Waals surface area contributed by atoms with E-state index in [1.807, 2.05) is 0 Å². The van der Waals surface area contributed by atoms with Gasteiger partial charge in [-0.1, -0.05) is 15.9 Å². The van der Waals surface area contributed by atoms with Crippen LogP contribution in [-0.2, 0) is 10.1 Å². The Hall–Kier alpha value is -1.04. The van der Waals surface area contributed by atoms with Crippen LogP contribution >= 0.6 is 15.9 Å². The van der Waals surface area contributed by atoms with Crippen LogP contribution in [0.1, 0.15) is 34.8 Å². The maximum atomic E-state index is 12.7. The highest BCUT2D eigenvalue weighted by Crippen LogP contribution is 2.26. The summed E-state index contributed by atoms with van der Waals surface area (Å²) >= 11 is 3.12. The summed E-state index contributed by atoms with van der Waals surface area (Å²) in [6.07, 6.45) is -0.387. The number of ether oxygens (including phenoxy) is 1. The minimum atomic E-state index is -2.74. The van der Waals surface area contributed by atoms with Crippen LogP contribution in [-0.4, -0.2) is 17.6 Å². The van der Waals surface area contributed by atoms with Crippen molar-refractivity contribution >= 4 is 21.9 Å². The molecule has 88 valence electrons. The van der Waals surface area contributed by atoms with Gasteiger partial charge in [-0.3, -0.25) is 4.98 Å². The number of aromatic nitrogens is 1. The molecule has 0 atom stereocenters. The molecule has 6 heteroatoms. The molecule has 0 radical (unpaired) electrons. The van der Waals surface area contributed by atoms with E-state index in [-0.39, 0.29) is 17.5 Å². The molecule has 0 amide bonds. The molecule has 1 heterocycles. The normalized spacial score (nSPS) is 10.6. The lowest BCUT2D eigenvalue weighted by Crippen LogP contribution is -2.12. The molecule has 0 unspecified atom stereocenters. The van der Waals surface area contributed by atoms with Gasteiger partial charge in [0.1, 0.15) is 0 Å². The number of hydrogen-bond donors (Lipinski definition) is 0. The average Bonchev–Trinajstić information content (AvgIpc) is 2.28. The molecule has 0 spiro atoms. The Morgan fingerprint density at radius 3 is 2.75 bits per heavy atom. The van der Waals surface area contributed by atoms with Gasteiger partial charge in [0.2, 0.25) is 0 Å². The monoisotopic (exact) mass is 293 g/mol. The molecular formula is C10H10BrF2NO2. The van der Waals surface area contributed by atoms with Gasteiger partial charge >= 0.3 is 5.97 Å². The smallest absolute Gasteiger partial charge is 0.339 e. The van der Waals surface area contributed by atoms with Crippen molar-refractivity contribution < 1.29 is 18.3 Å². The first-order valence-electron chi connectivity index (χ1n) is 4.59. The first kappa shape index (κ1) is 13.0. The van der Waals surface area contributed by atoms with Crippen molar-refractivity contribution in [3.63, 3.8) is 0 Å². The summed E-state index contributed by atoms with van der Waals surface area (Å²) in [5, 5.41) is 0.273. The van der Waals surface area contributed by atoms with Crippen LogP contribution in [0.3, 0.4) is 0 Å². The SMILES string of the molecule is CCOC(=O)c1c(CBr)cncc1C(F)F. The summed E-state index contributed by atoms with van der Waals surface area (Å²) in [6, 6.07) is 0. The zero-order valence-electron chi connectivity index (χ0n) is 8.54. The second kappa shape index (κ2) is 5.89. The lowest BCUT2D eigenvalue weighted by Gasteiger charge is -2.10. The van der Waals surface area contributed by atoms with E-state index in [2.05, 4.69) is 20.9 Å². The Morgan fingerprint density at radius 2 is 2.25 bits per heavy atom. The summed E-state index contributed by atoms with van der Waals surface area (Å²) < 4.78 is 30.1. The van der Waals surface area contributed by atoms with Gasteiger partial charge in [-0.2, -0.15) is 0 Å². The van der Waals surface area contributed by atoms with E-state index in [0.29, 0.717) is 5.56 Å². The molecule has 1 aromatic heterocycles. The highest BCUT2D eigenvalue weighted by Gasteiger charge is 2.22. The molecule has 0 aromatic carbocycles. The average molecular weight is 294 g/mol. The summed E-state index contributed by atoms with van der Waals surface area (Å²) in [4.78, 5) is 15.2. The predicted molar refractivity (Wildman–Crippen MR) is 57.8 cm³/mol. The fraction of sp³-hybridized carbons (Fsp3) is 0.400. The highest BCUT2D eigenvalue weighted by atomic mass is 79.9. The molecule has 0 saturated carbocycles. The van der Waals surface area contributed by atoms with Crippen molar-refractivity contribution in [3.8, 4) is 0 Å². The van der Waals surface area contributed by atoms with E-state index >= 15 is 0 Å². The third-order valence-electron chi connectivity index (χ3n) is 1.91. The van der Waals surface area contributed by atoms with Crippen LogP contribution in [0, 0.1) is 0 Å². The first-order chi connectivity index (χ1) is 7.61. The first-order valence-corrected chi connectivity index (χ1v) is 5.72. The van der Waals surface area contributed by atoms with Crippen molar-refractivity contribution in [2.45, 2.75) is 18.7 Å². The Labute approximate surface area is 99.9 Å². The Balaban J connectivity index is 3.24. The topological polar surface area (TPSA) is 39.2 Å². The minimum Gasteiger partial charge on any atom is -0.462 e. The number of nitrogens with zero attached hydrogens (tertiary/aromatic N) is 1. The third-order valence-corrected chi connectivity index (χ3v) is 2.52. The van der Waals surface area contributed by atoms with Crippen LogP contribution in [0.25, 0.3) is 0 Å². The summed E-state index contributed by atoms with van der Waals surface area (Å²) in [7, 11) is 0. The van der Waals surface area contributed by atoms with Gasteiger partial charge in [0.25, 0.3) is 6.43 Å². The van der Waals surface area contributed by atoms with Crippen LogP contribution in [0.4, 0.5) is 8.78 Å². The maximum absolute atomic E-state index is 12.7. The number of carbonyl (C=O) groups excluding carboxylic acids is 1. The zero-order chi connectivity index (χ0) is 12.1. The van der Waals surface area contributed by atoms with Gasteiger partial charge in [-0.15, -0.1) is 0 Å². The number of pyridine rings is 1. The van der Waals surface area contributed by atoms with Crippen LogP contribution < -0.4 is 0 Å². The maximum Gasteiger partial charge on any atom is 0.339 e. The van der Waals surface area contributed by atoms with Crippen LogP contribution in [0.15, 0.2) is 12.4 Å². The molecule has 0 saturated heterocycles. The lowest BCUT2D eigenvalue weighted by molar-refractivity contribution is 0.0514. The molecule has 1 aromatic rings. The van der Waals surface area contributed by atoms with Crippen molar-refractivity contribution in [1.29, 1.82) is 0 Å². The second-order valence-corrected chi connectivity index (χ2v) is 3.48. The molecule has 0 aliphatic rings. The molecule has 3 nitrogen and oxygen atoms in total. The molecule has 0 fully saturated rings. The second-order valence-electron chi connectivity index (χ2n) is 2.92. The van der Waals surface area contributed by atoms with Crippen LogP contribution in [0.2, 0.25) is 0 Å². The third kappa shape index (κ3) is 2.75. The molecule has 1 rings (SSSR count). The predicted octanol–water partition coefficient (Wildman–Crippen LogP) is 3.09. The lowest BCUT2D eigenvalue weighted by atomic mass is 10.1. The zero-order valence-corrected chi connectivity index (χ0v) is 10.1. The number of hydrogen-bond acceptors (Lipinski definition) is 3. The van der Waals surface area contributed by atoms with Crippen molar-refractivity contribution in [2.75, 3.05) is 6.61 Å². The van der Waals surface area contributed by atoms with Gasteiger partial charge in [-0.25, -0.2) is 13.6 Å². The molecule has 16 heavy (non-hydrogen) atoms. The Kier molecular flexibility index (Phi) is 4.79. The van der Waals surface area contributed by atoms with E-state index in [4.69, 9.17) is 4.74 Å². The fourth-order valence-electron chi connectivity index (χ4n) is 1.24. The number of carbonyl (C=O) groups is 1. The van der Waals surface area contributed by atoms with Gasteiger partial charge in [0.05, 0.1) is 17.7 Å². The number of esters is 1. The van der Waals surface area contributed by atoms with E-state index in [1.54, 1.807) is 6.92 Å². The molecule has 0 N–H and O–H groups in total. The van der Waals surface area contributed by atoms with Crippen LogP contribution in [0.5, 0.6) is 0 Å². The minimum absolute atomic E-state index is 0.0938. The standard InChI is InChI=1S/C10H10BrF2NO2/c1-2-16-10(15)8-6(3-11)4-14-5-7(8)9(12)13/h4-5,9H,2-3H2,1H3. The number of halogens is 3. The van der Waals surface area contributed by atoms with E-state index in [9.17, 15) is 13.6 Å². The molecular weight excluding hydrogens is 284 g/mol. The fourth-order valence-corrected chi connectivity index (χ4v) is 1.67. The number of rotatable bonds is 4. The highest BCUT2D eigenvalue weighted by molar-refractivity contribution is 9.08. The summed E-state index contributed by atoms with van der Waals surface area (Å²) in [5.41, 5.74) is -0.0876. The van der Waals surface area contributed by atoms with Crippen molar-refractivity contribution in [2.24, 2.45) is 0 Å². The Bertz CT molecular complexity index is 385. The molecule has 0 aliphatic carbocycles. The quantitative estimate of drug-likeness (QED) is 0.633. The van der Waals surface area contributed by atoms with Gasteiger partial charge in [-0.05, 0) is 12.5 Å². The largest absolute Gasteiger partial charge is 0.462 e. The van der Waals surface area contributed by atoms with Gasteiger partial charge in [0.15, 0.2) is 0 Å². The van der Waals surface area contributed by atoms with Crippen molar-refractivity contribution in [1.82, 2.24) is 4.98 Å².